The van der Waals surface area contributed by atoms with Crippen LogP contribution in [-0.4, -0.2) is 22.7 Å². The highest BCUT2D eigenvalue weighted by atomic mass is 79.9. The van der Waals surface area contributed by atoms with Crippen molar-refractivity contribution in [3.05, 3.63) is 32.7 Å². The van der Waals surface area contributed by atoms with Gasteiger partial charge in [0, 0.05) is 10.4 Å². The summed E-state index contributed by atoms with van der Waals surface area (Å²) in [5.41, 5.74) is 2.15. The quantitative estimate of drug-likeness (QED) is 0.755. The van der Waals surface area contributed by atoms with E-state index in [-0.39, 0.29) is 12.5 Å². The number of carbonyl (C=O) groups excluding carboxylic acids is 1. The number of halogens is 1. The molecule has 2 aromatic rings. The molecular weight excluding hydrogens is 390 g/mol. The predicted octanol–water partition coefficient (Wildman–Crippen LogP) is 4.63. The number of benzene rings is 1. The van der Waals surface area contributed by atoms with E-state index in [1.807, 2.05) is 13.0 Å². The second-order valence-electron chi connectivity index (χ2n) is 6.35. The maximum Gasteiger partial charge on any atom is 0.264 e. The van der Waals surface area contributed by atoms with E-state index < -0.39 is 0 Å². The first-order valence-electron chi connectivity index (χ1n) is 8.00. The van der Waals surface area contributed by atoms with Crippen molar-refractivity contribution in [1.82, 2.24) is 10.2 Å². The first-order chi connectivity index (χ1) is 11.4. The Hall–Kier alpha value is -1.47. The molecule has 1 aromatic heterocycles. The number of carbonyl (C=O) groups is 1. The molecule has 24 heavy (non-hydrogen) atoms. The molecule has 1 amide bonds. The summed E-state index contributed by atoms with van der Waals surface area (Å²) in [6.07, 6.45) is 2.35. The first-order valence-corrected chi connectivity index (χ1v) is 9.61. The Bertz CT molecular complexity index is 756. The van der Waals surface area contributed by atoms with E-state index in [9.17, 15) is 4.79 Å². The van der Waals surface area contributed by atoms with Crippen molar-refractivity contribution in [3.63, 3.8) is 0 Å². The molecule has 0 spiro atoms. The Morgan fingerprint density at radius 1 is 1.42 bits per heavy atom. The number of hydrogen-bond acceptors (Lipinski definition) is 5. The standard InChI is InChI=1S/C17H20BrN3O2S/c1-9(2)12-7-13(18)10(3)6-14(12)23-8-15(22)19-17-21-20-16(24-17)11-4-5-11/h6-7,9,11H,4-5,8H2,1-3H3,(H,19,21,22). The van der Waals surface area contributed by atoms with Gasteiger partial charge in [0.25, 0.3) is 5.91 Å². The smallest absolute Gasteiger partial charge is 0.264 e. The van der Waals surface area contributed by atoms with E-state index in [1.165, 1.54) is 24.2 Å². The van der Waals surface area contributed by atoms with Crippen molar-refractivity contribution >= 4 is 38.3 Å². The van der Waals surface area contributed by atoms with Crippen molar-refractivity contribution in [2.24, 2.45) is 0 Å². The minimum Gasteiger partial charge on any atom is -0.483 e. The predicted molar refractivity (Wildman–Crippen MR) is 99.0 cm³/mol. The van der Waals surface area contributed by atoms with Gasteiger partial charge in [-0.3, -0.25) is 10.1 Å². The van der Waals surface area contributed by atoms with Gasteiger partial charge in [-0.2, -0.15) is 0 Å². The molecule has 1 aliphatic carbocycles. The summed E-state index contributed by atoms with van der Waals surface area (Å²) in [7, 11) is 0. The molecule has 1 heterocycles. The fraction of sp³-hybridized carbons (Fsp3) is 0.471. The Labute approximate surface area is 154 Å². The fourth-order valence-electron chi connectivity index (χ4n) is 2.33. The molecule has 5 nitrogen and oxygen atoms in total. The van der Waals surface area contributed by atoms with Crippen LogP contribution >= 0.6 is 27.3 Å². The summed E-state index contributed by atoms with van der Waals surface area (Å²) in [6, 6.07) is 4.02. The monoisotopic (exact) mass is 409 g/mol. The van der Waals surface area contributed by atoms with Gasteiger partial charge in [0.2, 0.25) is 5.13 Å². The van der Waals surface area contributed by atoms with Crippen LogP contribution in [0.25, 0.3) is 0 Å². The van der Waals surface area contributed by atoms with Crippen LogP contribution in [0.4, 0.5) is 5.13 Å². The largest absolute Gasteiger partial charge is 0.483 e. The van der Waals surface area contributed by atoms with Gasteiger partial charge in [-0.15, -0.1) is 10.2 Å². The molecular formula is C17H20BrN3O2S. The average Bonchev–Trinajstić information content (AvgIpc) is 3.28. The van der Waals surface area contributed by atoms with Gasteiger partial charge in [0.1, 0.15) is 10.8 Å². The minimum atomic E-state index is -0.219. The number of hydrogen-bond donors (Lipinski definition) is 1. The Morgan fingerprint density at radius 3 is 2.83 bits per heavy atom. The lowest BCUT2D eigenvalue weighted by Gasteiger charge is -2.15. The molecule has 0 aliphatic heterocycles. The number of nitrogens with one attached hydrogen (secondary N) is 1. The third-order valence-electron chi connectivity index (χ3n) is 3.89. The van der Waals surface area contributed by atoms with Crippen molar-refractivity contribution in [2.75, 3.05) is 11.9 Å². The highest BCUT2D eigenvalue weighted by Crippen LogP contribution is 2.42. The zero-order valence-electron chi connectivity index (χ0n) is 13.9. The molecule has 1 N–H and O–H groups in total. The SMILES string of the molecule is Cc1cc(OCC(=O)Nc2nnc(C3CC3)s2)c(C(C)C)cc1Br. The number of rotatable bonds is 6. The summed E-state index contributed by atoms with van der Waals surface area (Å²) in [5.74, 6) is 1.38. The van der Waals surface area contributed by atoms with E-state index >= 15 is 0 Å². The summed E-state index contributed by atoms with van der Waals surface area (Å²) < 4.78 is 6.80. The molecule has 1 saturated carbocycles. The molecule has 1 aliphatic rings. The lowest BCUT2D eigenvalue weighted by atomic mass is 10.0. The first kappa shape index (κ1) is 17.4. The van der Waals surface area contributed by atoms with Gasteiger partial charge in [0.05, 0.1) is 0 Å². The Kier molecular flexibility index (Phi) is 5.20. The summed E-state index contributed by atoms with van der Waals surface area (Å²) in [4.78, 5) is 12.1. The zero-order valence-corrected chi connectivity index (χ0v) is 16.3. The molecule has 7 heteroatoms. The Morgan fingerprint density at radius 2 is 2.17 bits per heavy atom. The zero-order chi connectivity index (χ0) is 17.3. The van der Waals surface area contributed by atoms with E-state index in [0.29, 0.717) is 17.0 Å². The maximum absolute atomic E-state index is 12.1. The van der Waals surface area contributed by atoms with E-state index in [0.717, 1.165) is 26.4 Å². The van der Waals surface area contributed by atoms with Crippen LogP contribution in [-0.2, 0) is 4.79 Å². The number of anilines is 1. The second kappa shape index (κ2) is 7.19. The van der Waals surface area contributed by atoms with E-state index in [1.54, 1.807) is 0 Å². The van der Waals surface area contributed by atoms with E-state index in [4.69, 9.17) is 4.74 Å². The molecule has 0 bridgehead atoms. The lowest BCUT2D eigenvalue weighted by Crippen LogP contribution is -2.20. The number of aryl methyl sites for hydroxylation is 1. The molecule has 1 aromatic carbocycles. The van der Waals surface area contributed by atoms with Crippen molar-refractivity contribution in [2.45, 2.75) is 45.4 Å². The molecule has 1 fully saturated rings. The van der Waals surface area contributed by atoms with Crippen LogP contribution in [0.2, 0.25) is 0 Å². The second-order valence-corrected chi connectivity index (χ2v) is 8.21. The van der Waals surface area contributed by atoms with Gasteiger partial charge in [-0.05, 0) is 48.9 Å². The maximum atomic E-state index is 12.1. The van der Waals surface area contributed by atoms with Crippen LogP contribution in [0.15, 0.2) is 16.6 Å². The summed E-state index contributed by atoms with van der Waals surface area (Å²) in [5, 5.41) is 12.5. The van der Waals surface area contributed by atoms with Gasteiger partial charge in [-0.25, -0.2) is 0 Å². The van der Waals surface area contributed by atoms with Gasteiger partial charge < -0.3 is 4.74 Å². The molecule has 0 unspecified atom stereocenters. The van der Waals surface area contributed by atoms with Crippen molar-refractivity contribution in [1.29, 1.82) is 0 Å². The molecule has 3 rings (SSSR count). The number of amides is 1. The number of ether oxygens (including phenoxy) is 1. The Balaban J connectivity index is 1.62. The average molecular weight is 410 g/mol. The van der Waals surface area contributed by atoms with Crippen LogP contribution in [0, 0.1) is 6.92 Å². The van der Waals surface area contributed by atoms with E-state index in [2.05, 4.69) is 51.4 Å². The molecule has 0 saturated heterocycles. The van der Waals surface area contributed by atoms with Crippen LogP contribution in [0.3, 0.4) is 0 Å². The highest BCUT2D eigenvalue weighted by Gasteiger charge is 2.27. The van der Waals surface area contributed by atoms with Gasteiger partial charge in [-0.1, -0.05) is 41.1 Å². The topological polar surface area (TPSA) is 64.1 Å². The molecule has 0 radical (unpaired) electrons. The van der Waals surface area contributed by atoms with Crippen LogP contribution in [0.5, 0.6) is 5.75 Å². The molecule has 0 atom stereocenters. The minimum absolute atomic E-state index is 0.0425. The summed E-state index contributed by atoms with van der Waals surface area (Å²) >= 11 is 4.99. The van der Waals surface area contributed by atoms with Crippen molar-refractivity contribution in [3.8, 4) is 5.75 Å². The van der Waals surface area contributed by atoms with Crippen LogP contribution in [0.1, 0.15) is 54.7 Å². The van der Waals surface area contributed by atoms with Crippen LogP contribution < -0.4 is 10.1 Å². The third kappa shape index (κ3) is 4.13. The highest BCUT2D eigenvalue weighted by molar-refractivity contribution is 9.10. The fourth-order valence-corrected chi connectivity index (χ4v) is 3.62. The normalized spacial score (nSPS) is 14.0. The number of nitrogens with zero attached hydrogens (tertiary/aromatic N) is 2. The van der Waals surface area contributed by atoms with Gasteiger partial charge in [0.15, 0.2) is 6.61 Å². The lowest BCUT2D eigenvalue weighted by molar-refractivity contribution is -0.118. The number of aromatic nitrogens is 2. The molecule has 128 valence electrons. The summed E-state index contributed by atoms with van der Waals surface area (Å²) in [6.45, 7) is 6.16. The van der Waals surface area contributed by atoms with Gasteiger partial charge >= 0.3 is 0 Å². The van der Waals surface area contributed by atoms with Crippen molar-refractivity contribution < 1.29 is 9.53 Å². The third-order valence-corrected chi connectivity index (χ3v) is 5.74.